The number of ether oxygens (including phenoxy) is 1. The average Bonchev–Trinajstić information content (AvgIpc) is 3.03. The summed E-state index contributed by atoms with van der Waals surface area (Å²) in [6.45, 7) is 1.40. The van der Waals surface area contributed by atoms with Crippen molar-refractivity contribution in [3.8, 4) is 10.4 Å². The highest BCUT2D eigenvalue weighted by Crippen LogP contribution is 2.30. The van der Waals surface area contributed by atoms with Crippen LogP contribution in [-0.2, 0) is 9.53 Å². The Morgan fingerprint density at radius 1 is 1.35 bits per heavy atom. The largest absolute Gasteiger partial charge is 0.379 e. The number of carbonyl (C=O) groups excluding carboxylic acids is 1. The average molecular weight is 348 g/mol. The van der Waals surface area contributed by atoms with E-state index in [0.29, 0.717) is 6.61 Å². The van der Waals surface area contributed by atoms with Crippen molar-refractivity contribution in [3.05, 3.63) is 52.4 Å². The Kier molecular flexibility index (Phi) is 5.49. The first-order valence-corrected chi connectivity index (χ1v) is 8.82. The molecule has 1 aromatic carbocycles. The topological polar surface area (TPSA) is 38.3 Å². The van der Waals surface area contributed by atoms with E-state index in [1.165, 1.54) is 0 Å². The normalized spacial score (nSPS) is 18.2. The third-order valence-electron chi connectivity index (χ3n) is 3.64. The molecule has 1 atom stereocenters. The van der Waals surface area contributed by atoms with Crippen molar-refractivity contribution in [3.63, 3.8) is 0 Å². The highest BCUT2D eigenvalue weighted by molar-refractivity contribution is 7.16. The standard InChI is InChI=1S/C18H18ClNO2S/c19-14-4-1-3-13(11-14)17-8-6-16(23-17)7-9-18(21)20-15-5-2-10-22-12-15/h1,3-4,6-9,11,15H,2,5,10,12H2,(H,20,21)/b9-7+. The van der Waals surface area contributed by atoms with Crippen LogP contribution in [0.25, 0.3) is 16.5 Å². The molecule has 0 aliphatic carbocycles. The first-order valence-electron chi connectivity index (χ1n) is 7.63. The fourth-order valence-electron chi connectivity index (χ4n) is 2.50. The third-order valence-corrected chi connectivity index (χ3v) is 4.98. The highest BCUT2D eigenvalue weighted by atomic mass is 35.5. The molecule has 2 heterocycles. The van der Waals surface area contributed by atoms with Gasteiger partial charge in [0.25, 0.3) is 0 Å². The molecule has 5 heteroatoms. The number of nitrogens with one attached hydrogen (secondary N) is 1. The van der Waals surface area contributed by atoms with E-state index in [4.69, 9.17) is 16.3 Å². The maximum absolute atomic E-state index is 11.9. The molecule has 1 aromatic heterocycles. The Hall–Kier alpha value is -1.62. The van der Waals surface area contributed by atoms with Crippen molar-refractivity contribution in [1.29, 1.82) is 0 Å². The van der Waals surface area contributed by atoms with E-state index in [-0.39, 0.29) is 11.9 Å². The molecule has 0 saturated carbocycles. The summed E-state index contributed by atoms with van der Waals surface area (Å²) in [5.41, 5.74) is 1.09. The summed E-state index contributed by atoms with van der Waals surface area (Å²) < 4.78 is 5.36. The second-order valence-corrected chi connectivity index (χ2v) is 7.02. The number of rotatable bonds is 4. The summed E-state index contributed by atoms with van der Waals surface area (Å²) in [7, 11) is 0. The molecule has 1 aliphatic heterocycles. The van der Waals surface area contributed by atoms with E-state index >= 15 is 0 Å². The second-order valence-electron chi connectivity index (χ2n) is 5.47. The van der Waals surface area contributed by atoms with Crippen LogP contribution in [0.5, 0.6) is 0 Å². The minimum absolute atomic E-state index is 0.0711. The summed E-state index contributed by atoms with van der Waals surface area (Å²) in [6, 6.07) is 12.0. The van der Waals surface area contributed by atoms with Crippen molar-refractivity contribution in [2.24, 2.45) is 0 Å². The minimum Gasteiger partial charge on any atom is -0.379 e. The summed E-state index contributed by atoms with van der Waals surface area (Å²) >= 11 is 7.66. The lowest BCUT2D eigenvalue weighted by Crippen LogP contribution is -2.39. The number of halogens is 1. The van der Waals surface area contributed by atoms with Gasteiger partial charge in [-0.05, 0) is 48.7 Å². The van der Waals surface area contributed by atoms with Crippen molar-refractivity contribution < 1.29 is 9.53 Å². The van der Waals surface area contributed by atoms with Crippen molar-refractivity contribution >= 4 is 34.9 Å². The van der Waals surface area contributed by atoms with Gasteiger partial charge in [0.1, 0.15) is 0 Å². The fraction of sp³-hybridized carbons (Fsp3) is 0.278. The SMILES string of the molecule is O=C(/C=C/c1ccc(-c2cccc(Cl)c2)s1)NC1CCCOC1. The molecule has 1 aliphatic rings. The van der Waals surface area contributed by atoms with Gasteiger partial charge >= 0.3 is 0 Å². The molecule has 0 spiro atoms. The molecule has 120 valence electrons. The molecular formula is C18H18ClNO2S. The van der Waals surface area contributed by atoms with Crippen LogP contribution >= 0.6 is 22.9 Å². The van der Waals surface area contributed by atoms with Crippen molar-refractivity contribution in [1.82, 2.24) is 5.32 Å². The lowest BCUT2D eigenvalue weighted by Gasteiger charge is -2.22. The van der Waals surface area contributed by atoms with Crippen molar-refractivity contribution in [2.45, 2.75) is 18.9 Å². The van der Waals surface area contributed by atoms with E-state index in [1.54, 1.807) is 17.4 Å². The molecule has 1 N–H and O–H groups in total. The highest BCUT2D eigenvalue weighted by Gasteiger charge is 2.14. The van der Waals surface area contributed by atoms with E-state index in [2.05, 4.69) is 5.32 Å². The molecule has 23 heavy (non-hydrogen) atoms. The Balaban J connectivity index is 1.60. The molecule has 1 saturated heterocycles. The van der Waals surface area contributed by atoms with Gasteiger partial charge in [-0.1, -0.05) is 23.7 Å². The number of hydrogen-bond acceptors (Lipinski definition) is 3. The van der Waals surface area contributed by atoms with Gasteiger partial charge in [0, 0.05) is 27.5 Å². The maximum atomic E-state index is 11.9. The summed E-state index contributed by atoms with van der Waals surface area (Å²) in [5.74, 6) is -0.0711. The molecule has 1 fully saturated rings. The number of carbonyl (C=O) groups is 1. The van der Waals surface area contributed by atoms with Gasteiger partial charge in [0.15, 0.2) is 0 Å². The zero-order valence-electron chi connectivity index (χ0n) is 12.6. The Labute approximate surface area is 144 Å². The molecular weight excluding hydrogens is 330 g/mol. The molecule has 0 bridgehead atoms. The van der Waals surface area contributed by atoms with Crippen LogP contribution in [0.4, 0.5) is 0 Å². The number of benzene rings is 1. The van der Waals surface area contributed by atoms with Gasteiger partial charge in [-0.15, -0.1) is 11.3 Å². The van der Waals surface area contributed by atoms with E-state index in [9.17, 15) is 4.79 Å². The third kappa shape index (κ3) is 4.67. The predicted molar refractivity (Wildman–Crippen MR) is 95.8 cm³/mol. The van der Waals surface area contributed by atoms with Crippen LogP contribution in [-0.4, -0.2) is 25.2 Å². The molecule has 1 amide bonds. The lowest BCUT2D eigenvalue weighted by atomic mass is 10.1. The van der Waals surface area contributed by atoms with E-state index in [1.807, 2.05) is 42.5 Å². The Morgan fingerprint density at radius 3 is 3.04 bits per heavy atom. The van der Waals surface area contributed by atoms with Gasteiger partial charge in [0.2, 0.25) is 5.91 Å². The van der Waals surface area contributed by atoms with Crippen LogP contribution in [0.15, 0.2) is 42.5 Å². The van der Waals surface area contributed by atoms with Crippen LogP contribution in [0.1, 0.15) is 17.7 Å². The van der Waals surface area contributed by atoms with Crippen LogP contribution in [0, 0.1) is 0 Å². The van der Waals surface area contributed by atoms with Crippen LogP contribution in [0.2, 0.25) is 5.02 Å². The molecule has 1 unspecified atom stereocenters. The minimum atomic E-state index is -0.0711. The quantitative estimate of drug-likeness (QED) is 0.834. The molecule has 0 radical (unpaired) electrons. The van der Waals surface area contributed by atoms with Crippen molar-refractivity contribution in [2.75, 3.05) is 13.2 Å². The Bertz CT molecular complexity index is 705. The predicted octanol–water partition coefficient (Wildman–Crippen LogP) is 4.38. The lowest BCUT2D eigenvalue weighted by molar-refractivity contribution is -0.118. The number of thiophene rings is 1. The zero-order valence-corrected chi connectivity index (χ0v) is 14.2. The first kappa shape index (κ1) is 16.2. The molecule has 3 nitrogen and oxygen atoms in total. The molecule has 2 aromatic rings. The van der Waals surface area contributed by atoms with Gasteiger partial charge in [-0.2, -0.15) is 0 Å². The maximum Gasteiger partial charge on any atom is 0.244 e. The number of hydrogen-bond donors (Lipinski definition) is 1. The van der Waals surface area contributed by atoms with Gasteiger partial charge in [0.05, 0.1) is 12.6 Å². The fourth-order valence-corrected chi connectivity index (χ4v) is 3.60. The Morgan fingerprint density at radius 2 is 2.26 bits per heavy atom. The second kappa shape index (κ2) is 7.77. The van der Waals surface area contributed by atoms with Gasteiger partial charge in [-0.25, -0.2) is 0 Å². The smallest absolute Gasteiger partial charge is 0.244 e. The van der Waals surface area contributed by atoms with Gasteiger partial charge < -0.3 is 10.1 Å². The summed E-state index contributed by atoms with van der Waals surface area (Å²) in [5, 5.41) is 3.70. The summed E-state index contributed by atoms with van der Waals surface area (Å²) in [6.07, 6.45) is 5.42. The van der Waals surface area contributed by atoms with Crippen LogP contribution < -0.4 is 5.32 Å². The van der Waals surface area contributed by atoms with Crippen LogP contribution in [0.3, 0.4) is 0 Å². The van der Waals surface area contributed by atoms with E-state index < -0.39 is 0 Å². The zero-order chi connectivity index (χ0) is 16.1. The van der Waals surface area contributed by atoms with E-state index in [0.717, 1.165) is 39.8 Å². The van der Waals surface area contributed by atoms with Gasteiger partial charge in [-0.3, -0.25) is 4.79 Å². The monoisotopic (exact) mass is 347 g/mol. The first-order chi connectivity index (χ1) is 11.2. The number of amides is 1. The summed E-state index contributed by atoms with van der Waals surface area (Å²) in [4.78, 5) is 14.1. The molecule has 3 rings (SSSR count).